The number of aliphatic hydroxyl groups excluding tert-OH is 1. The van der Waals surface area contributed by atoms with Crippen molar-refractivity contribution >= 4 is 23.5 Å². The van der Waals surface area contributed by atoms with E-state index >= 15 is 0 Å². The average molecular weight is 457 g/mol. The molecule has 0 spiro atoms. The van der Waals surface area contributed by atoms with E-state index in [2.05, 4.69) is 5.32 Å². The van der Waals surface area contributed by atoms with Crippen molar-refractivity contribution in [1.29, 1.82) is 0 Å². The zero-order chi connectivity index (χ0) is 24.1. The Morgan fingerprint density at radius 2 is 1.82 bits per heavy atom. The van der Waals surface area contributed by atoms with Crippen LogP contribution in [0.3, 0.4) is 0 Å². The number of allylic oxidation sites excluding steroid dienone is 1. The molecule has 2 N–H and O–H groups in total. The van der Waals surface area contributed by atoms with Gasteiger partial charge in [0.15, 0.2) is 0 Å². The van der Waals surface area contributed by atoms with Crippen molar-refractivity contribution in [3.05, 3.63) is 41.5 Å². The van der Waals surface area contributed by atoms with Crippen LogP contribution >= 0.6 is 0 Å². The lowest BCUT2D eigenvalue weighted by Crippen LogP contribution is -2.44. The summed E-state index contributed by atoms with van der Waals surface area (Å²) in [5.41, 5.74) is 2.67. The number of unbranched alkanes of at least 4 members (excludes halogenated alkanes) is 2. The molecule has 2 aliphatic rings. The number of carbonyl (C=O) groups excluding carboxylic acids is 3. The van der Waals surface area contributed by atoms with Crippen LogP contribution in [-0.4, -0.2) is 53.6 Å². The van der Waals surface area contributed by atoms with Crippen molar-refractivity contribution in [1.82, 2.24) is 4.90 Å². The molecule has 1 aliphatic carbocycles. The molecule has 5 atom stereocenters. The molecule has 7 heteroatoms. The molecule has 0 bridgehead atoms. The Balaban J connectivity index is 1.93. The van der Waals surface area contributed by atoms with Crippen LogP contribution in [-0.2, 0) is 19.1 Å². The van der Waals surface area contributed by atoms with E-state index in [0.29, 0.717) is 19.4 Å². The lowest BCUT2D eigenvalue weighted by atomic mass is 9.70. The number of nitrogens with zero attached hydrogens (tertiary/aromatic N) is 1. The quantitative estimate of drug-likeness (QED) is 0.338. The van der Waals surface area contributed by atoms with Crippen LogP contribution in [0.25, 0.3) is 0 Å². The van der Waals surface area contributed by atoms with E-state index in [9.17, 15) is 14.4 Å². The molecule has 33 heavy (non-hydrogen) atoms. The fourth-order valence-electron chi connectivity index (χ4n) is 5.21. The van der Waals surface area contributed by atoms with Crippen molar-refractivity contribution < 1.29 is 24.2 Å². The molecule has 3 rings (SSSR count). The van der Waals surface area contributed by atoms with E-state index in [1.54, 1.807) is 11.8 Å². The van der Waals surface area contributed by atoms with E-state index in [1.807, 2.05) is 51.1 Å². The standard InChI is InChI=1S/C26H36N2O5/c1-5-33-26(32)20-16(2)12-13-19-21(20)25(31)28(14-7-6-8-15-29)23(19)24(30)27-22-17(3)10-9-11-18(22)4/h9-13,16,19-21,23,29H,5-8,14-15H2,1-4H3,(H,27,30)/t16-,19+,20-,21+,23+/m1/s1. The molecular weight excluding hydrogens is 420 g/mol. The van der Waals surface area contributed by atoms with Crippen molar-refractivity contribution in [3.8, 4) is 0 Å². The molecule has 0 unspecified atom stereocenters. The second-order valence-electron chi connectivity index (χ2n) is 9.14. The minimum Gasteiger partial charge on any atom is -0.466 e. The van der Waals surface area contributed by atoms with Crippen LogP contribution in [0, 0.1) is 37.5 Å². The molecule has 1 aromatic carbocycles. The predicted molar refractivity (Wildman–Crippen MR) is 126 cm³/mol. The van der Waals surface area contributed by atoms with Gasteiger partial charge in [-0.2, -0.15) is 0 Å². The number of aliphatic hydroxyl groups is 1. The van der Waals surface area contributed by atoms with Crippen LogP contribution in [0.15, 0.2) is 30.4 Å². The number of para-hydroxylation sites is 1. The Kier molecular flexibility index (Phi) is 8.30. The number of rotatable bonds is 9. The van der Waals surface area contributed by atoms with Crippen LogP contribution in [0.5, 0.6) is 0 Å². The van der Waals surface area contributed by atoms with Crippen molar-refractivity contribution in [2.24, 2.45) is 23.7 Å². The molecular formula is C26H36N2O5. The second-order valence-corrected chi connectivity index (χ2v) is 9.14. The summed E-state index contributed by atoms with van der Waals surface area (Å²) < 4.78 is 5.31. The monoisotopic (exact) mass is 456 g/mol. The van der Waals surface area contributed by atoms with Gasteiger partial charge in [-0.05, 0) is 57.1 Å². The first-order valence-corrected chi connectivity index (χ1v) is 11.9. The first kappa shape index (κ1) is 25.0. The molecule has 1 aliphatic heterocycles. The highest BCUT2D eigenvalue weighted by Crippen LogP contribution is 2.44. The number of carbonyl (C=O) groups is 3. The number of nitrogens with one attached hydrogen (secondary N) is 1. The number of benzene rings is 1. The minimum atomic E-state index is -0.698. The molecule has 2 amide bonds. The van der Waals surface area contributed by atoms with Crippen molar-refractivity contribution in [2.45, 2.75) is 53.0 Å². The molecule has 7 nitrogen and oxygen atoms in total. The van der Waals surface area contributed by atoms with Gasteiger partial charge in [-0.3, -0.25) is 14.4 Å². The maximum Gasteiger partial charge on any atom is 0.310 e. The summed E-state index contributed by atoms with van der Waals surface area (Å²) in [6.07, 6.45) is 5.96. The van der Waals surface area contributed by atoms with E-state index in [-0.39, 0.29) is 36.9 Å². The van der Waals surface area contributed by atoms with Gasteiger partial charge in [-0.1, -0.05) is 37.3 Å². The number of aryl methyl sites for hydroxylation is 2. The third-order valence-corrected chi connectivity index (χ3v) is 6.89. The Morgan fingerprint density at radius 1 is 1.12 bits per heavy atom. The van der Waals surface area contributed by atoms with Gasteiger partial charge in [0.25, 0.3) is 0 Å². The summed E-state index contributed by atoms with van der Waals surface area (Å²) in [5, 5.41) is 12.2. The molecule has 1 fully saturated rings. The number of fused-ring (bicyclic) bond motifs is 1. The maximum absolute atomic E-state index is 13.6. The van der Waals surface area contributed by atoms with Crippen LogP contribution in [0.2, 0.25) is 0 Å². The minimum absolute atomic E-state index is 0.0981. The van der Waals surface area contributed by atoms with E-state index < -0.39 is 23.8 Å². The van der Waals surface area contributed by atoms with Gasteiger partial charge in [0.05, 0.1) is 18.4 Å². The molecule has 1 heterocycles. The van der Waals surface area contributed by atoms with Gasteiger partial charge in [0.1, 0.15) is 6.04 Å². The number of esters is 1. The second kappa shape index (κ2) is 11.0. The first-order chi connectivity index (χ1) is 15.8. The third kappa shape index (κ3) is 5.13. The number of ether oxygens (including phenoxy) is 1. The number of hydrogen-bond acceptors (Lipinski definition) is 5. The maximum atomic E-state index is 13.6. The fraction of sp³-hybridized carbons (Fsp3) is 0.577. The summed E-state index contributed by atoms with van der Waals surface area (Å²) in [4.78, 5) is 41.7. The Labute approximate surface area is 196 Å². The smallest absolute Gasteiger partial charge is 0.310 e. The molecule has 180 valence electrons. The third-order valence-electron chi connectivity index (χ3n) is 6.89. The van der Waals surface area contributed by atoms with Gasteiger partial charge >= 0.3 is 5.97 Å². The Hall–Kier alpha value is -2.67. The summed E-state index contributed by atoms with van der Waals surface area (Å²) in [6, 6.07) is 5.13. The normalized spacial score (nSPS) is 26.3. The summed E-state index contributed by atoms with van der Waals surface area (Å²) in [5.74, 6) is -2.55. The number of anilines is 1. The van der Waals surface area contributed by atoms with Crippen molar-refractivity contribution in [3.63, 3.8) is 0 Å². The molecule has 0 aromatic heterocycles. The number of hydrogen-bond donors (Lipinski definition) is 2. The van der Waals surface area contributed by atoms with E-state index in [1.165, 1.54) is 0 Å². The summed E-state index contributed by atoms with van der Waals surface area (Å²) >= 11 is 0. The topological polar surface area (TPSA) is 95.9 Å². The summed E-state index contributed by atoms with van der Waals surface area (Å²) in [7, 11) is 0. The van der Waals surface area contributed by atoms with Gasteiger partial charge in [0.2, 0.25) is 11.8 Å². The number of likely N-dealkylation sites (tertiary alicyclic amines) is 1. The summed E-state index contributed by atoms with van der Waals surface area (Å²) in [6.45, 7) is 8.31. The van der Waals surface area contributed by atoms with Gasteiger partial charge in [-0.15, -0.1) is 0 Å². The molecule has 1 aromatic rings. The molecule has 0 radical (unpaired) electrons. The highest BCUT2D eigenvalue weighted by molar-refractivity contribution is 6.02. The lowest BCUT2D eigenvalue weighted by Gasteiger charge is -2.32. The molecule has 1 saturated heterocycles. The van der Waals surface area contributed by atoms with Gasteiger partial charge in [-0.25, -0.2) is 0 Å². The Morgan fingerprint density at radius 3 is 2.45 bits per heavy atom. The lowest BCUT2D eigenvalue weighted by molar-refractivity contribution is -0.155. The number of amides is 2. The molecule has 0 saturated carbocycles. The highest BCUT2D eigenvalue weighted by Gasteiger charge is 2.56. The highest BCUT2D eigenvalue weighted by atomic mass is 16.5. The largest absolute Gasteiger partial charge is 0.466 e. The predicted octanol–water partition coefficient (Wildman–Crippen LogP) is 3.23. The first-order valence-electron chi connectivity index (χ1n) is 11.9. The average Bonchev–Trinajstić information content (AvgIpc) is 3.05. The van der Waals surface area contributed by atoms with Crippen LogP contribution in [0.4, 0.5) is 5.69 Å². The van der Waals surface area contributed by atoms with Crippen molar-refractivity contribution in [2.75, 3.05) is 25.1 Å². The van der Waals surface area contributed by atoms with Gasteiger partial charge < -0.3 is 20.1 Å². The van der Waals surface area contributed by atoms with Gasteiger partial charge in [0, 0.05) is 24.8 Å². The van der Waals surface area contributed by atoms with Crippen LogP contribution in [0.1, 0.15) is 44.2 Å². The zero-order valence-corrected chi connectivity index (χ0v) is 20.0. The Bertz CT molecular complexity index is 892. The SMILES string of the molecule is CCOC(=O)[C@H]1[C@H]2C(=O)N(CCCCCO)[C@H](C(=O)Nc3c(C)cccc3C)[C@H]2C=C[C@H]1C. The van der Waals surface area contributed by atoms with E-state index in [4.69, 9.17) is 9.84 Å². The zero-order valence-electron chi connectivity index (χ0n) is 20.0. The van der Waals surface area contributed by atoms with Crippen LogP contribution < -0.4 is 5.32 Å². The van der Waals surface area contributed by atoms with E-state index in [0.717, 1.165) is 23.2 Å². The fourth-order valence-corrected chi connectivity index (χ4v) is 5.21.